The summed E-state index contributed by atoms with van der Waals surface area (Å²) in [6, 6.07) is 1.07. The number of amides is 1. The maximum atomic E-state index is 11.4. The van der Waals surface area contributed by atoms with E-state index in [1.165, 1.54) is 6.92 Å². The van der Waals surface area contributed by atoms with Gasteiger partial charge in [0.25, 0.3) is 0 Å². The minimum atomic E-state index is -1.04. The van der Waals surface area contributed by atoms with E-state index in [0.29, 0.717) is 6.54 Å². The third-order valence-electron chi connectivity index (χ3n) is 2.40. The van der Waals surface area contributed by atoms with Crippen molar-refractivity contribution in [2.75, 3.05) is 0 Å². The highest BCUT2D eigenvalue weighted by molar-refractivity contribution is 5.83. The molecule has 1 rings (SSSR count). The van der Waals surface area contributed by atoms with Crippen LogP contribution in [0, 0.1) is 13.8 Å². The average molecular weight is 239 g/mol. The first kappa shape index (κ1) is 13.2. The van der Waals surface area contributed by atoms with Crippen molar-refractivity contribution in [1.29, 1.82) is 0 Å². The van der Waals surface area contributed by atoms with Gasteiger partial charge in [0.15, 0.2) is 0 Å². The van der Waals surface area contributed by atoms with E-state index < -0.39 is 12.0 Å². The van der Waals surface area contributed by atoms with Crippen molar-refractivity contribution in [3.63, 3.8) is 0 Å². The number of aliphatic carboxylic acids is 1. The fourth-order valence-electron chi connectivity index (χ4n) is 1.48. The third kappa shape index (κ3) is 3.90. The van der Waals surface area contributed by atoms with Gasteiger partial charge >= 0.3 is 5.97 Å². The number of carboxylic acid groups (broad SMARTS) is 1. The lowest BCUT2D eigenvalue weighted by molar-refractivity contribution is -0.141. The SMILES string of the molecule is Cc1cc(C)n(CCC(=O)N[C@H](C)C(=O)O)n1. The first-order chi connectivity index (χ1) is 7.90. The average Bonchev–Trinajstić information content (AvgIpc) is 2.54. The van der Waals surface area contributed by atoms with E-state index in [2.05, 4.69) is 10.4 Å². The van der Waals surface area contributed by atoms with Crippen LogP contribution in [0.2, 0.25) is 0 Å². The second kappa shape index (κ2) is 5.47. The van der Waals surface area contributed by atoms with Crippen LogP contribution in [0.3, 0.4) is 0 Å². The molecule has 2 N–H and O–H groups in total. The fourth-order valence-corrected chi connectivity index (χ4v) is 1.48. The molecular weight excluding hydrogens is 222 g/mol. The molecule has 0 aliphatic carbocycles. The van der Waals surface area contributed by atoms with Crippen molar-refractivity contribution in [1.82, 2.24) is 15.1 Å². The molecule has 1 amide bonds. The number of nitrogens with one attached hydrogen (secondary N) is 1. The molecule has 0 fully saturated rings. The Labute approximate surface area is 99.6 Å². The minimum absolute atomic E-state index is 0.222. The van der Waals surface area contributed by atoms with Crippen LogP contribution in [0.5, 0.6) is 0 Å². The number of carboxylic acids is 1. The van der Waals surface area contributed by atoms with Gasteiger partial charge in [-0.3, -0.25) is 14.3 Å². The molecule has 1 aromatic rings. The highest BCUT2D eigenvalue weighted by Crippen LogP contribution is 2.02. The lowest BCUT2D eigenvalue weighted by Crippen LogP contribution is -2.38. The van der Waals surface area contributed by atoms with E-state index in [-0.39, 0.29) is 12.3 Å². The second-order valence-corrected chi connectivity index (χ2v) is 4.03. The number of nitrogens with zero attached hydrogens (tertiary/aromatic N) is 2. The Morgan fingerprint density at radius 2 is 2.18 bits per heavy atom. The molecule has 1 heterocycles. The number of hydrogen-bond donors (Lipinski definition) is 2. The smallest absolute Gasteiger partial charge is 0.325 e. The van der Waals surface area contributed by atoms with Crippen LogP contribution in [0.15, 0.2) is 6.07 Å². The van der Waals surface area contributed by atoms with Gasteiger partial charge < -0.3 is 10.4 Å². The molecule has 0 bridgehead atoms. The summed E-state index contributed by atoms with van der Waals surface area (Å²) in [5, 5.41) is 15.2. The largest absolute Gasteiger partial charge is 0.480 e. The zero-order chi connectivity index (χ0) is 13.0. The van der Waals surface area contributed by atoms with Gasteiger partial charge in [-0.2, -0.15) is 5.10 Å². The van der Waals surface area contributed by atoms with Gasteiger partial charge in [0.05, 0.1) is 5.69 Å². The lowest BCUT2D eigenvalue weighted by Gasteiger charge is -2.09. The van der Waals surface area contributed by atoms with Crippen molar-refractivity contribution in [2.45, 2.75) is 39.8 Å². The Morgan fingerprint density at radius 3 is 2.65 bits per heavy atom. The Kier molecular flexibility index (Phi) is 4.25. The van der Waals surface area contributed by atoms with Gasteiger partial charge in [0.1, 0.15) is 6.04 Å². The van der Waals surface area contributed by atoms with Crippen LogP contribution < -0.4 is 5.32 Å². The van der Waals surface area contributed by atoms with Gasteiger partial charge in [0, 0.05) is 18.7 Å². The Hall–Kier alpha value is -1.85. The van der Waals surface area contributed by atoms with Gasteiger partial charge in [-0.05, 0) is 26.8 Å². The van der Waals surface area contributed by atoms with Crippen LogP contribution in [0.25, 0.3) is 0 Å². The Morgan fingerprint density at radius 1 is 1.53 bits per heavy atom. The zero-order valence-electron chi connectivity index (χ0n) is 10.2. The van der Waals surface area contributed by atoms with Crippen LogP contribution in [0.1, 0.15) is 24.7 Å². The standard InChI is InChI=1S/C11H17N3O3/c1-7-6-8(2)14(13-7)5-4-10(15)12-9(3)11(16)17/h6,9H,4-5H2,1-3H3,(H,12,15)(H,16,17)/t9-/m1/s1. The van der Waals surface area contributed by atoms with E-state index in [0.717, 1.165) is 11.4 Å². The molecule has 17 heavy (non-hydrogen) atoms. The number of hydrogen-bond acceptors (Lipinski definition) is 3. The van der Waals surface area contributed by atoms with Gasteiger partial charge in [0.2, 0.25) is 5.91 Å². The predicted molar refractivity (Wildman–Crippen MR) is 61.6 cm³/mol. The summed E-state index contributed by atoms with van der Waals surface area (Å²) in [5.41, 5.74) is 1.89. The Bertz CT molecular complexity index is 426. The summed E-state index contributed by atoms with van der Waals surface area (Å²) >= 11 is 0. The number of carbonyl (C=O) groups excluding carboxylic acids is 1. The van der Waals surface area contributed by atoms with Crippen LogP contribution in [-0.2, 0) is 16.1 Å². The van der Waals surface area contributed by atoms with Crippen molar-refractivity contribution in [3.8, 4) is 0 Å². The number of aromatic nitrogens is 2. The van der Waals surface area contributed by atoms with Crippen molar-refractivity contribution >= 4 is 11.9 Å². The summed E-state index contributed by atoms with van der Waals surface area (Å²) < 4.78 is 1.74. The number of aryl methyl sites for hydroxylation is 3. The fraction of sp³-hybridized carbons (Fsp3) is 0.545. The first-order valence-corrected chi connectivity index (χ1v) is 5.43. The molecule has 0 aromatic carbocycles. The monoisotopic (exact) mass is 239 g/mol. The molecule has 6 heteroatoms. The molecule has 0 saturated carbocycles. The number of rotatable bonds is 5. The third-order valence-corrected chi connectivity index (χ3v) is 2.40. The van der Waals surface area contributed by atoms with Crippen LogP contribution in [-0.4, -0.2) is 32.8 Å². The molecule has 0 unspecified atom stereocenters. The van der Waals surface area contributed by atoms with E-state index >= 15 is 0 Å². The van der Waals surface area contributed by atoms with E-state index in [1.54, 1.807) is 4.68 Å². The van der Waals surface area contributed by atoms with Gasteiger partial charge in [-0.1, -0.05) is 0 Å². The summed E-state index contributed by atoms with van der Waals surface area (Å²) in [4.78, 5) is 22.0. The van der Waals surface area contributed by atoms with E-state index in [1.807, 2.05) is 19.9 Å². The summed E-state index contributed by atoms with van der Waals surface area (Å²) in [5.74, 6) is -1.32. The topological polar surface area (TPSA) is 84.2 Å². The summed E-state index contributed by atoms with van der Waals surface area (Å²) in [6.45, 7) is 5.69. The zero-order valence-corrected chi connectivity index (χ0v) is 10.2. The predicted octanol–water partition coefficient (Wildman–Crippen LogP) is 0.479. The van der Waals surface area contributed by atoms with Gasteiger partial charge in [-0.25, -0.2) is 0 Å². The molecule has 1 atom stereocenters. The van der Waals surface area contributed by atoms with E-state index in [9.17, 15) is 9.59 Å². The molecule has 6 nitrogen and oxygen atoms in total. The lowest BCUT2D eigenvalue weighted by atomic mass is 10.3. The molecule has 0 spiro atoms. The second-order valence-electron chi connectivity index (χ2n) is 4.03. The maximum Gasteiger partial charge on any atom is 0.325 e. The number of carbonyl (C=O) groups is 2. The van der Waals surface area contributed by atoms with Crippen molar-refractivity contribution < 1.29 is 14.7 Å². The highest BCUT2D eigenvalue weighted by Gasteiger charge is 2.13. The minimum Gasteiger partial charge on any atom is -0.480 e. The molecular formula is C11H17N3O3. The van der Waals surface area contributed by atoms with E-state index in [4.69, 9.17) is 5.11 Å². The first-order valence-electron chi connectivity index (χ1n) is 5.43. The van der Waals surface area contributed by atoms with Crippen molar-refractivity contribution in [2.24, 2.45) is 0 Å². The van der Waals surface area contributed by atoms with Crippen LogP contribution in [0.4, 0.5) is 0 Å². The molecule has 94 valence electrons. The summed E-state index contributed by atoms with van der Waals surface area (Å²) in [7, 11) is 0. The van der Waals surface area contributed by atoms with Crippen LogP contribution >= 0.6 is 0 Å². The highest BCUT2D eigenvalue weighted by atomic mass is 16.4. The molecule has 0 saturated heterocycles. The van der Waals surface area contributed by atoms with Gasteiger partial charge in [-0.15, -0.1) is 0 Å². The quantitative estimate of drug-likeness (QED) is 0.782. The Balaban J connectivity index is 2.43. The normalized spacial score (nSPS) is 12.2. The summed E-state index contributed by atoms with van der Waals surface area (Å²) in [6.07, 6.45) is 0.222. The molecule has 0 aliphatic rings. The maximum absolute atomic E-state index is 11.4. The van der Waals surface area contributed by atoms with Crippen molar-refractivity contribution in [3.05, 3.63) is 17.5 Å². The molecule has 1 aromatic heterocycles. The molecule has 0 aliphatic heterocycles. The molecule has 0 radical (unpaired) electrons.